The molecule has 0 saturated heterocycles. The van der Waals surface area contributed by atoms with Crippen LogP contribution in [0.3, 0.4) is 0 Å². The summed E-state index contributed by atoms with van der Waals surface area (Å²) < 4.78 is 35.2. The number of aliphatic carboxylic acids is 1. The van der Waals surface area contributed by atoms with Gasteiger partial charge in [0.05, 0.1) is 33.8 Å². The number of carbonyl (C=O) groups is 1. The van der Waals surface area contributed by atoms with Crippen LogP contribution in [0.5, 0.6) is 11.5 Å². The van der Waals surface area contributed by atoms with Gasteiger partial charge in [-0.3, -0.25) is 9.48 Å². The van der Waals surface area contributed by atoms with E-state index in [0.717, 1.165) is 5.69 Å². The van der Waals surface area contributed by atoms with Gasteiger partial charge in [-0.25, -0.2) is 8.42 Å². The molecule has 0 radical (unpaired) electrons. The van der Waals surface area contributed by atoms with Gasteiger partial charge in [0.2, 0.25) is 10.0 Å². The predicted molar refractivity (Wildman–Crippen MR) is 123 cm³/mol. The molecule has 0 aliphatic heterocycles. The maximum Gasteiger partial charge on any atom is 0.325 e. The lowest BCUT2D eigenvalue weighted by Crippen LogP contribution is -2.33. The number of nitriles is 1. The van der Waals surface area contributed by atoms with Crippen molar-refractivity contribution in [3.8, 4) is 17.6 Å². The van der Waals surface area contributed by atoms with Gasteiger partial charge in [-0.2, -0.15) is 14.7 Å². The van der Waals surface area contributed by atoms with Gasteiger partial charge in [-0.1, -0.05) is 11.6 Å². The molecule has 1 atom stereocenters. The fourth-order valence-electron chi connectivity index (χ4n) is 4.02. The van der Waals surface area contributed by atoms with Gasteiger partial charge in [0.1, 0.15) is 18.0 Å². The molecule has 3 aromatic rings. The fourth-order valence-corrected chi connectivity index (χ4v) is 5.70. The minimum Gasteiger partial charge on any atom is -0.480 e. The molecule has 0 spiro atoms. The highest BCUT2D eigenvalue weighted by atomic mass is 35.5. The average molecular weight is 501 g/mol. The molecule has 0 fully saturated rings. The van der Waals surface area contributed by atoms with Gasteiger partial charge in [-0.05, 0) is 61.7 Å². The number of fused-ring (bicyclic) bond motifs is 1. The van der Waals surface area contributed by atoms with Crippen molar-refractivity contribution in [2.45, 2.75) is 36.7 Å². The van der Waals surface area contributed by atoms with E-state index in [2.05, 4.69) is 5.10 Å². The second-order valence-corrected chi connectivity index (χ2v) is 10.3. The molecule has 9 nitrogen and oxygen atoms in total. The van der Waals surface area contributed by atoms with Crippen LogP contribution in [0.2, 0.25) is 5.02 Å². The van der Waals surface area contributed by atoms with E-state index in [4.69, 9.17) is 26.7 Å². The SMILES string of the molecule is CN(C1CCCc2c1cnn2CC(=O)O)S(=O)(=O)c1ccc(Oc2ccc(C#N)cc2)c(Cl)c1. The summed E-state index contributed by atoms with van der Waals surface area (Å²) in [5, 5.41) is 22.3. The lowest BCUT2D eigenvalue weighted by molar-refractivity contribution is -0.137. The number of rotatable bonds is 7. The normalized spacial score (nSPS) is 15.5. The van der Waals surface area contributed by atoms with Gasteiger partial charge in [0.25, 0.3) is 0 Å². The highest BCUT2D eigenvalue weighted by molar-refractivity contribution is 7.89. The number of carboxylic acids is 1. The quantitative estimate of drug-likeness (QED) is 0.520. The molecule has 176 valence electrons. The highest BCUT2D eigenvalue weighted by Crippen LogP contribution is 2.38. The van der Waals surface area contributed by atoms with Crippen LogP contribution in [0.25, 0.3) is 0 Å². The summed E-state index contributed by atoms with van der Waals surface area (Å²) >= 11 is 6.34. The Hall–Kier alpha value is -3.39. The maximum absolute atomic E-state index is 13.4. The van der Waals surface area contributed by atoms with E-state index in [0.29, 0.717) is 36.1 Å². The molecule has 1 unspecified atom stereocenters. The van der Waals surface area contributed by atoms with Crippen LogP contribution in [0.1, 0.15) is 35.7 Å². The molecule has 34 heavy (non-hydrogen) atoms. The Kier molecular flexibility index (Phi) is 6.61. The lowest BCUT2D eigenvalue weighted by Gasteiger charge is -2.31. The number of carboxylic acid groups (broad SMARTS) is 1. The van der Waals surface area contributed by atoms with Crippen molar-refractivity contribution in [2.24, 2.45) is 0 Å². The molecule has 0 amide bonds. The predicted octanol–water partition coefficient (Wildman–Crippen LogP) is 3.98. The van der Waals surface area contributed by atoms with E-state index in [9.17, 15) is 13.2 Å². The van der Waals surface area contributed by atoms with Crippen LogP contribution in [0, 0.1) is 11.3 Å². The topological polar surface area (TPSA) is 126 Å². The van der Waals surface area contributed by atoms with E-state index in [1.165, 1.54) is 34.2 Å². The Morgan fingerprint density at radius 1 is 1.32 bits per heavy atom. The summed E-state index contributed by atoms with van der Waals surface area (Å²) in [7, 11) is -2.41. The number of hydrogen-bond acceptors (Lipinski definition) is 6. The Bertz CT molecular complexity index is 1380. The minimum absolute atomic E-state index is 0.0113. The summed E-state index contributed by atoms with van der Waals surface area (Å²) in [6.45, 7) is -0.269. The van der Waals surface area contributed by atoms with Gasteiger partial charge in [0, 0.05) is 18.3 Å². The van der Waals surface area contributed by atoms with Crippen LogP contribution in [-0.4, -0.2) is 40.6 Å². The number of ether oxygens (including phenoxy) is 1. The number of nitrogens with zero attached hydrogens (tertiary/aromatic N) is 4. The van der Waals surface area contributed by atoms with Gasteiger partial charge in [0.15, 0.2) is 0 Å². The van der Waals surface area contributed by atoms with Crippen molar-refractivity contribution in [1.29, 1.82) is 5.26 Å². The van der Waals surface area contributed by atoms with Crippen molar-refractivity contribution in [3.63, 3.8) is 0 Å². The molecule has 2 aromatic carbocycles. The van der Waals surface area contributed by atoms with E-state index in [1.54, 1.807) is 30.5 Å². The monoisotopic (exact) mass is 500 g/mol. The molecule has 1 aliphatic carbocycles. The van der Waals surface area contributed by atoms with Crippen molar-refractivity contribution >= 4 is 27.6 Å². The third kappa shape index (κ3) is 4.63. The molecule has 1 heterocycles. The lowest BCUT2D eigenvalue weighted by atomic mass is 9.93. The van der Waals surface area contributed by atoms with Crippen LogP contribution < -0.4 is 4.74 Å². The third-order valence-corrected chi connectivity index (χ3v) is 7.90. The second-order valence-electron chi connectivity index (χ2n) is 7.86. The molecular formula is C23H21ClN4O5S. The summed E-state index contributed by atoms with van der Waals surface area (Å²) in [4.78, 5) is 11.1. The molecular weight excluding hydrogens is 480 g/mol. The van der Waals surface area contributed by atoms with Crippen LogP contribution in [0.15, 0.2) is 53.6 Å². The largest absolute Gasteiger partial charge is 0.480 e. The highest BCUT2D eigenvalue weighted by Gasteiger charge is 2.34. The molecule has 1 aliphatic rings. The standard InChI is InChI=1S/C23H21ClN4O5S/c1-27(20-3-2-4-21-18(20)13-26-28(21)14-23(29)30)34(31,32)17-9-10-22(19(24)11-17)33-16-7-5-15(12-25)6-8-16/h5-11,13,20H,2-4,14H2,1H3,(H,29,30). The summed E-state index contributed by atoms with van der Waals surface area (Å²) in [6.07, 6.45) is 3.49. The fraction of sp³-hybridized carbons (Fsp3) is 0.261. The third-order valence-electron chi connectivity index (χ3n) is 5.75. The summed E-state index contributed by atoms with van der Waals surface area (Å²) in [5.74, 6) is -0.267. The van der Waals surface area contributed by atoms with Crippen molar-refractivity contribution in [2.75, 3.05) is 7.05 Å². The molecule has 1 aromatic heterocycles. The Labute approximate surface area is 201 Å². The minimum atomic E-state index is -3.91. The van der Waals surface area contributed by atoms with Crippen LogP contribution in [-0.2, 0) is 27.8 Å². The van der Waals surface area contributed by atoms with Crippen molar-refractivity contribution in [3.05, 3.63) is 70.5 Å². The number of sulfonamides is 1. The van der Waals surface area contributed by atoms with Crippen LogP contribution >= 0.6 is 11.6 Å². The van der Waals surface area contributed by atoms with Gasteiger partial charge in [-0.15, -0.1) is 0 Å². The van der Waals surface area contributed by atoms with Gasteiger partial charge < -0.3 is 9.84 Å². The van der Waals surface area contributed by atoms with Gasteiger partial charge >= 0.3 is 5.97 Å². The number of halogens is 1. The molecule has 11 heteroatoms. The van der Waals surface area contributed by atoms with Crippen LogP contribution in [0.4, 0.5) is 0 Å². The number of hydrogen-bond donors (Lipinski definition) is 1. The Morgan fingerprint density at radius 2 is 2.06 bits per heavy atom. The zero-order valence-electron chi connectivity index (χ0n) is 18.2. The number of benzene rings is 2. The zero-order valence-corrected chi connectivity index (χ0v) is 19.8. The average Bonchev–Trinajstić information content (AvgIpc) is 3.22. The van der Waals surface area contributed by atoms with Crippen molar-refractivity contribution in [1.82, 2.24) is 14.1 Å². The maximum atomic E-state index is 13.4. The van der Waals surface area contributed by atoms with E-state index >= 15 is 0 Å². The summed E-state index contributed by atoms with van der Waals surface area (Å²) in [5.41, 5.74) is 1.94. The number of aromatic nitrogens is 2. The Balaban J connectivity index is 1.57. The first-order valence-corrected chi connectivity index (χ1v) is 12.2. The van der Waals surface area contributed by atoms with E-state index in [1.807, 2.05) is 6.07 Å². The first-order valence-electron chi connectivity index (χ1n) is 10.4. The molecule has 0 bridgehead atoms. The second kappa shape index (κ2) is 9.46. The molecule has 4 rings (SSSR count). The molecule has 0 saturated carbocycles. The first kappa shape index (κ1) is 23.8. The first-order chi connectivity index (χ1) is 16.2. The van der Waals surface area contributed by atoms with E-state index in [-0.39, 0.29) is 22.2 Å². The molecule has 1 N–H and O–H groups in total. The van der Waals surface area contributed by atoms with Crippen molar-refractivity contribution < 1.29 is 23.1 Å². The summed E-state index contributed by atoms with van der Waals surface area (Å²) in [6, 6.07) is 12.3. The Morgan fingerprint density at radius 3 is 2.71 bits per heavy atom. The zero-order chi connectivity index (χ0) is 24.5. The smallest absolute Gasteiger partial charge is 0.325 e. The van der Waals surface area contributed by atoms with E-state index < -0.39 is 22.0 Å².